The van der Waals surface area contributed by atoms with Crippen molar-refractivity contribution in [2.45, 2.75) is 18.5 Å². The molecule has 0 fully saturated rings. The number of hydrogen-bond donors (Lipinski definition) is 2. The van der Waals surface area contributed by atoms with Gasteiger partial charge in [0, 0.05) is 17.8 Å². The van der Waals surface area contributed by atoms with Crippen molar-refractivity contribution in [3.05, 3.63) is 54.1 Å². The van der Waals surface area contributed by atoms with E-state index in [0.29, 0.717) is 11.4 Å². The predicted molar refractivity (Wildman–Crippen MR) is 89.1 cm³/mol. The quantitative estimate of drug-likeness (QED) is 0.869. The number of carbonyl (C=O) groups is 2. The minimum Gasteiger partial charge on any atom is -0.484 e. The summed E-state index contributed by atoms with van der Waals surface area (Å²) in [5.41, 5.74) is 1.72. The summed E-state index contributed by atoms with van der Waals surface area (Å²) in [6.45, 7) is -1.38. The Kier molecular flexibility index (Phi) is 4.83. The van der Waals surface area contributed by atoms with Gasteiger partial charge in [-0.25, -0.2) is 0 Å². The molecule has 1 aliphatic heterocycles. The van der Waals surface area contributed by atoms with Crippen molar-refractivity contribution >= 4 is 23.2 Å². The van der Waals surface area contributed by atoms with Crippen LogP contribution in [-0.4, -0.2) is 24.6 Å². The normalized spacial score (nSPS) is 16.4. The maximum Gasteiger partial charge on any atom is 0.422 e. The third-order valence-electron chi connectivity index (χ3n) is 3.84. The molecule has 0 aliphatic carbocycles. The van der Waals surface area contributed by atoms with Crippen LogP contribution in [0.25, 0.3) is 0 Å². The molecule has 1 unspecified atom stereocenters. The second-order valence-corrected chi connectivity index (χ2v) is 5.81. The van der Waals surface area contributed by atoms with E-state index >= 15 is 0 Å². The standard InChI is InChI=1S/C18H15F3N2O3/c19-18(20,21)10-26-12-7-5-11(6-8-12)22-17(25)14-9-16(24)23-15-4-2-1-3-13(14)15/h1-8,14H,9-10H2,(H,22,25)(H,23,24). The fraction of sp³-hybridized carbons (Fsp3) is 0.222. The van der Waals surface area contributed by atoms with Crippen LogP contribution >= 0.6 is 0 Å². The predicted octanol–water partition coefficient (Wildman–Crippen LogP) is 3.69. The molecule has 0 spiro atoms. The number of fused-ring (bicyclic) bond motifs is 1. The van der Waals surface area contributed by atoms with Crippen molar-refractivity contribution in [3.63, 3.8) is 0 Å². The second kappa shape index (κ2) is 7.07. The Morgan fingerprint density at radius 2 is 1.85 bits per heavy atom. The van der Waals surface area contributed by atoms with Crippen molar-refractivity contribution in [3.8, 4) is 5.75 Å². The van der Waals surface area contributed by atoms with Crippen LogP contribution in [0.1, 0.15) is 17.9 Å². The van der Waals surface area contributed by atoms with Crippen LogP contribution in [0.3, 0.4) is 0 Å². The van der Waals surface area contributed by atoms with Crippen molar-refractivity contribution < 1.29 is 27.5 Å². The molecule has 26 heavy (non-hydrogen) atoms. The van der Waals surface area contributed by atoms with E-state index in [-0.39, 0.29) is 24.0 Å². The number of rotatable bonds is 4. The third kappa shape index (κ3) is 4.33. The first kappa shape index (κ1) is 17.8. The molecule has 3 rings (SSSR count). The van der Waals surface area contributed by atoms with Crippen molar-refractivity contribution in [2.75, 3.05) is 17.2 Å². The zero-order chi connectivity index (χ0) is 18.7. The Bertz CT molecular complexity index is 819. The molecular formula is C18H15F3N2O3. The van der Waals surface area contributed by atoms with E-state index in [9.17, 15) is 22.8 Å². The molecule has 1 aliphatic rings. The summed E-state index contributed by atoms with van der Waals surface area (Å²) in [4.78, 5) is 24.3. The van der Waals surface area contributed by atoms with Crippen molar-refractivity contribution in [2.24, 2.45) is 0 Å². The van der Waals surface area contributed by atoms with E-state index in [0.717, 1.165) is 5.56 Å². The number of halogens is 3. The largest absolute Gasteiger partial charge is 0.484 e. The molecular weight excluding hydrogens is 349 g/mol. The van der Waals surface area contributed by atoms with Gasteiger partial charge < -0.3 is 15.4 Å². The van der Waals surface area contributed by atoms with E-state index in [2.05, 4.69) is 15.4 Å². The average molecular weight is 364 g/mol. The summed E-state index contributed by atoms with van der Waals surface area (Å²) in [6.07, 6.45) is -4.39. The highest BCUT2D eigenvalue weighted by Crippen LogP contribution is 2.33. The van der Waals surface area contributed by atoms with Gasteiger partial charge in [0.1, 0.15) is 5.75 Å². The van der Waals surface area contributed by atoms with E-state index in [1.807, 2.05) is 0 Å². The first-order valence-electron chi connectivity index (χ1n) is 7.81. The molecule has 5 nitrogen and oxygen atoms in total. The number of benzene rings is 2. The molecule has 2 N–H and O–H groups in total. The SMILES string of the molecule is O=C1CC(C(=O)Nc2ccc(OCC(F)(F)F)cc2)c2ccccc2N1. The lowest BCUT2D eigenvalue weighted by molar-refractivity contribution is -0.153. The highest BCUT2D eigenvalue weighted by atomic mass is 19.4. The second-order valence-electron chi connectivity index (χ2n) is 5.81. The molecule has 0 radical (unpaired) electrons. The maximum atomic E-state index is 12.5. The smallest absolute Gasteiger partial charge is 0.422 e. The summed E-state index contributed by atoms with van der Waals surface area (Å²) in [5.74, 6) is -1.21. The van der Waals surface area contributed by atoms with Gasteiger partial charge in [-0.2, -0.15) is 13.2 Å². The van der Waals surface area contributed by atoms with Crippen LogP contribution in [0.5, 0.6) is 5.75 Å². The summed E-state index contributed by atoms with van der Waals surface area (Å²) in [7, 11) is 0. The first-order valence-corrected chi connectivity index (χ1v) is 7.81. The number of nitrogens with one attached hydrogen (secondary N) is 2. The molecule has 0 saturated heterocycles. The Balaban J connectivity index is 1.68. The average Bonchev–Trinajstić information content (AvgIpc) is 2.59. The van der Waals surface area contributed by atoms with Crippen molar-refractivity contribution in [1.82, 2.24) is 0 Å². The van der Waals surface area contributed by atoms with Gasteiger partial charge in [0.05, 0.1) is 5.92 Å². The molecule has 2 aromatic rings. The van der Waals surface area contributed by atoms with Crippen LogP contribution in [0.2, 0.25) is 0 Å². The number of carbonyl (C=O) groups excluding carboxylic acids is 2. The first-order chi connectivity index (χ1) is 12.3. The molecule has 1 heterocycles. The lowest BCUT2D eigenvalue weighted by atomic mass is 9.90. The molecule has 0 aromatic heterocycles. The fourth-order valence-electron chi connectivity index (χ4n) is 2.67. The van der Waals surface area contributed by atoms with Gasteiger partial charge in [0.2, 0.25) is 11.8 Å². The number of ether oxygens (including phenoxy) is 1. The molecule has 2 amide bonds. The Morgan fingerprint density at radius 1 is 1.15 bits per heavy atom. The van der Waals surface area contributed by atoms with Crippen LogP contribution < -0.4 is 15.4 Å². The number of alkyl halides is 3. The van der Waals surface area contributed by atoms with E-state index in [1.165, 1.54) is 24.3 Å². The lowest BCUT2D eigenvalue weighted by Gasteiger charge is -2.24. The van der Waals surface area contributed by atoms with Crippen molar-refractivity contribution in [1.29, 1.82) is 0 Å². The minimum atomic E-state index is -4.41. The van der Waals surface area contributed by atoms with Gasteiger partial charge in [0.15, 0.2) is 6.61 Å². The number of amides is 2. The fourth-order valence-corrected chi connectivity index (χ4v) is 2.67. The van der Waals surface area contributed by atoms with Gasteiger partial charge in [0.25, 0.3) is 0 Å². The van der Waals surface area contributed by atoms with Gasteiger partial charge in [-0.1, -0.05) is 18.2 Å². The molecule has 2 aromatic carbocycles. The Morgan fingerprint density at radius 3 is 2.54 bits per heavy atom. The zero-order valence-electron chi connectivity index (χ0n) is 13.5. The highest BCUT2D eigenvalue weighted by Gasteiger charge is 2.30. The molecule has 0 saturated carbocycles. The third-order valence-corrected chi connectivity index (χ3v) is 3.84. The monoisotopic (exact) mass is 364 g/mol. The number of anilines is 2. The maximum absolute atomic E-state index is 12.5. The molecule has 0 bridgehead atoms. The molecule has 136 valence electrons. The van der Waals surface area contributed by atoms with E-state index in [1.54, 1.807) is 24.3 Å². The lowest BCUT2D eigenvalue weighted by Crippen LogP contribution is -2.30. The zero-order valence-corrected chi connectivity index (χ0v) is 13.5. The summed E-state index contributed by atoms with van der Waals surface area (Å²) in [6, 6.07) is 12.6. The minimum absolute atomic E-state index is 0.0234. The molecule has 1 atom stereocenters. The number of hydrogen-bond acceptors (Lipinski definition) is 3. The van der Waals surface area contributed by atoms with Gasteiger partial charge in [-0.3, -0.25) is 9.59 Å². The van der Waals surface area contributed by atoms with E-state index in [4.69, 9.17) is 0 Å². The highest BCUT2D eigenvalue weighted by molar-refractivity contribution is 6.05. The summed E-state index contributed by atoms with van der Waals surface area (Å²) in [5, 5.41) is 5.39. The summed E-state index contributed by atoms with van der Waals surface area (Å²) >= 11 is 0. The topological polar surface area (TPSA) is 67.4 Å². The Hall–Kier alpha value is -3.03. The number of para-hydroxylation sites is 1. The van der Waals surface area contributed by atoms with E-state index < -0.39 is 18.7 Å². The van der Waals surface area contributed by atoms with Gasteiger partial charge >= 0.3 is 6.18 Å². The van der Waals surface area contributed by atoms with Gasteiger partial charge in [-0.05, 0) is 35.9 Å². The van der Waals surface area contributed by atoms with Crippen LogP contribution in [0.15, 0.2) is 48.5 Å². The van der Waals surface area contributed by atoms with Gasteiger partial charge in [-0.15, -0.1) is 0 Å². The summed E-state index contributed by atoms with van der Waals surface area (Å²) < 4.78 is 41.0. The molecule has 8 heteroatoms. The van der Waals surface area contributed by atoms with Crippen LogP contribution in [0.4, 0.5) is 24.5 Å². The van der Waals surface area contributed by atoms with Crippen LogP contribution in [-0.2, 0) is 9.59 Å². The Labute approximate surface area is 147 Å². The van der Waals surface area contributed by atoms with Crippen LogP contribution in [0, 0.1) is 0 Å².